The Balaban J connectivity index is 2.69. The molecule has 16 heavy (non-hydrogen) atoms. The quantitative estimate of drug-likeness (QED) is 0.454. The maximum atomic E-state index is 11.4. The van der Waals surface area contributed by atoms with Crippen LogP contribution in [0.25, 0.3) is 0 Å². The molecule has 0 amide bonds. The molecule has 0 fully saturated rings. The average molecular weight is 242 g/mol. The Hall–Kier alpha value is -1.50. The predicted octanol–water partition coefficient (Wildman–Crippen LogP) is 0.685. The van der Waals surface area contributed by atoms with Gasteiger partial charge in [-0.05, 0) is 13.8 Å². The largest absolute Gasteiger partial charge is 0.465 e. The van der Waals surface area contributed by atoms with Crippen molar-refractivity contribution in [1.29, 1.82) is 0 Å². The molecule has 0 aromatic carbocycles. The third-order valence-corrected chi connectivity index (χ3v) is 2.59. The van der Waals surface area contributed by atoms with Crippen molar-refractivity contribution in [2.24, 2.45) is 0 Å². The van der Waals surface area contributed by atoms with E-state index in [0.717, 1.165) is 11.8 Å². The Kier molecular flexibility index (Phi) is 4.36. The number of carbonyl (C=O) groups excluding carboxylic acids is 1. The van der Waals surface area contributed by atoms with Crippen LogP contribution in [0.5, 0.6) is 0 Å². The standard InChI is InChI=1S/C9H14N4O2S/c1-3-15-8(14)5(2)16-9-12-6(10)4-7(11)13-9/h4-5H,3H2,1-2H3,(H4,10,11,12,13). The first-order valence-corrected chi connectivity index (χ1v) is 5.64. The highest BCUT2D eigenvalue weighted by molar-refractivity contribution is 8.00. The minimum atomic E-state index is -0.388. The molecule has 0 radical (unpaired) electrons. The molecule has 1 heterocycles. The van der Waals surface area contributed by atoms with Gasteiger partial charge >= 0.3 is 5.97 Å². The molecule has 0 aliphatic heterocycles. The zero-order valence-corrected chi connectivity index (χ0v) is 9.95. The molecule has 1 rings (SSSR count). The molecule has 1 unspecified atom stereocenters. The van der Waals surface area contributed by atoms with Gasteiger partial charge in [0.2, 0.25) is 0 Å². The fourth-order valence-electron chi connectivity index (χ4n) is 0.980. The molecular weight excluding hydrogens is 228 g/mol. The first-order chi connectivity index (χ1) is 7.52. The van der Waals surface area contributed by atoms with Gasteiger partial charge < -0.3 is 16.2 Å². The number of hydrogen-bond donors (Lipinski definition) is 2. The van der Waals surface area contributed by atoms with Gasteiger partial charge in [0.1, 0.15) is 16.9 Å². The zero-order valence-electron chi connectivity index (χ0n) is 9.14. The van der Waals surface area contributed by atoms with Gasteiger partial charge in [-0.25, -0.2) is 9.97 Å². The Morgan fingerprint density at radius 3 is 2.56 bits per heavy atom. The number of nitrogen functional groups attached to an aromatic ring is 2. The molecule has 0 saturated heterocycles. The lowest BCUT2D eigenvalue weighted by Crippen LogP contribution is -2.17. The average Bonchev–Trinajstić information content (AvgIpc) is 2.16. The number of carbonyl (C=O) groups is 1. The lowest BCUT2D eigenvalue weighted by molar-refractivity contribution is -0.142. The van der Waals surface area contributed by atoms with Gasteiger partial charge in [-0.3, -0.25) is 4.79 Å². The molecule has 0 bridgehead atoms. The van der Waals surface area contributed by atoms with Gasteiger partial charge in [-0.1, -0.05) is 11.8 Å². The van der Waals surface area contributed by atoms with E-state index in [1.54, 1.807) is 13.8 Å². The van der Waals surface area contributed by atoms with E-state index in [-0.39, 0.29) is 22.9 Å². The summed E-state index contributed by atoms with van der Waals surface area (Å²) in [5.41, 5.74) is 11.0. The first-order valence-electron chi connectivity index (χ1n) is 4.76. The van der Waals surface area contributed by atoms with Gasteiger partial charge in [0.25, 0.3) is 0 Å². The normalized spacial score (nSPS) is 12.1. The van der Waals surface area contributed by atoms with Crippen molar-refractivity contribution in [2.45, 2.75) is 24.3 Å². The van der Waals surface area contributed by atoms with E-state index >= 15 is 0 Å². The van der Waals surface area contributed by atoms with E-state index < -0.39 is 0 Å². The molecule has 0 aliphatic carbocycles. The van der Waals surface area contributed by atoms with Crippen LogP contribution in [-0.2, 0) is 9.53 Å². The van der Waals surface area contributed by atoms with Crippen molar-refractivity contribution in [2.75, 3.05) is 18.1 Å². The molecule has 88 valence electrons. The van der Waals surface area contributed by atoms with Crippen molar-refractivity contribution < 1.29 is 9.53 Å². The molecular formula is C9H14N4O2S. The summed E-state index contributed by atoms with van der Waals surface area (Å²) >= 11 is 1.16. The van der Waals surface area contributed by atoms with E-state index in [9.17, 15) is 4.79 Å². The monoisotopic (exact) mass is 242 g/mol. The van der Waals surface area contributed by atoms with Gasteiger partial charge in [-0.2, -0.15) is 0 Å². The molecule has 1 aromatic heterocycles. The second kappa shape index (κ2) is 5.55. The topological polar surface area (TPSA) is 104 Å². The van der Waals surface area contributed by atoms with E-state index in [1.165, 1.54) is 6.07 Å². The Morgan fingerprint density at radius 1 is 1.50 bits per heavy atom. The number of thioether (sulfide) groups is 1. The fraction of sp³-hybridized carbons (Fsp3) is 0.444. The number of nitrogens with zero attached hydrogens (tertiary/aromatic N) is 2. The Labute approximate surface area is 97.8 Å². The summed E-state index contributed by atoms with van der Waals surface area (Å²) in [6.45, 7) is 3.82. The number of esters is 1. The molecule has 0 aliphatic rings. The second-order valence-electron chi connectivity index (χ2n) is 3.01. The van der Waals surface area contributed by atoms with Crippen LogP contribution in [0, 0.1) is 0 Å². The number of rotatable bonds is 4. The number of ether oxygens (including phenoxy) is 1. The highest BCUT2D eigenvalue weighted by Gasteiger charge is 2.17. The third-order valence-electron chi connectivity index (χ3n) is 1.65. The van der Waals surface area contributed by atoms with E-state index in [4.69, 9.17) is 16.2 Å². The number of hydrogen-bond acceptors (Lipinski definition) is 7. The zero-order chi connectivity index (χ0) is 12.1. The molecule has 0 saturated carbocycles. The lowest BCUT2D eigenvalue weighted by atomic mass is 10.5. The first kappa shape index (κ1) is 12.6. The smallest absolute Gasteiger partial charge is 0.319 e. The van der Waals surface area contributed by atoms with Crippen molar-refractivity contribution in [1.82, 2.24) is 9.97 Å². The number of aromatic nitrogens is 2. The molecule has 0 spiro atoms. The third kappa shape index (κ3) is 3.58. The van der Waals surface area contributed by atoms with Crippen LogP contribution in [0.1, 0.15) is 13.8 Å². The number of nitrogens with two attached hydrogens (primary N) is 2. The minimum absolute atomic E-state index is 0.283. The highest BCUT2D eigenvalue weighted by atomic mass is 32.2. The predicted molar refractivity (Wildman–Crippen MR) is 62.8 cm³/mol. The molecule has 4 N–H and O–H groups in total. The van der Waals surface area contributed by atoms with Crippen molar-refractivity contribution in [3.05, 3.63) is 6.07 Å². The fourth-order valence-corrected chi connectivity index (χ4v) is 1.78. The summed E-state index contributed by atoms with van der Waals surface area (Å²) in [7, 11) is 0. The van der Waals surface area contributed by atoms with Crippen LogP contribution in [0.15, 0.2) is 11.2 Å². The van der Waals surface area contributed by atoms with Crippen LogP contribution < -0.4 is 11.5 Å². The van der Waals surface area contributed by atoms with E-state index in [0.29, 0.717) is 11.8 Å². The van der Waals surface area contributed by atoms with Crippen LogP contribution in [0.4, 0.5) is 11.6 Å². The summed E-state index contributed by atoms with van der Waals surface area (Å²) in [6.07, 6.45) is 0. The number of anilines is 2. The van der Waals surface area contributed by atoms with Gasteiger partial charge in [-0.15, -0.1) is 0 Å². The SMILES string of the molecule is CCOC(=O)C(C)Sc1nc(N)cc(N)n1. The molecule has 7 heteroatoms. The Bertz CT molecular complexity index is 366. The maximum Gasteiger partial charge on any atom is 0.319 e. The van der Waals surface area contributed by atoms with Crippen molar-refractivity contribution >= 4 is 29.4 Å². The highest BCUT2D eigenvalue weighted by Crippen LogP contribution is 2.22. The van der Waals surface area contributed by atoms with Crippen molar-refractivity contribution in [3.63, 3.8) is 0 Å². The van der Waals surface area contributed by atoms with Crippen LogP contribution in [0.2, 0.25) is 0 Å². The van der Waals surface area contributed by atoms with Gasteiger partial charge in [0.05, 0.1) is 6.61 Å². The summed E-state index contributed by atoms with van der Waals surface area (Å²) in [6, 6.07) is 1.46. The van der Waals surface area contributed by atoms with Crippen LogP contribution >= 0.6 is 11.8 Å². The van der Waals surface area contributed by atoms with Crippen LogP contribution in [-0.4, -0.2) is 27.8 Å². The summed E-state index contributed by atoms with van der Waals surface area (Å²) in [5, 5.41) is -0.0146. The minimum Gasteiger partial charge on any atom is -0.465 e. The Morgan fingerprint density at radius 2 is 2.06 bits per heavy atom. The maximum absolute atomic E-state index is 11.4. The second-order valence-corrected chi connectivity index (χ2v) is 4.32. The summed E-state index contributed by atoms with van der Waals surface area (Å²) in [5.74, 6) is 0.259. The van der Waals surface area contributed by atoms with Gasteiger partial charge in [0.15, 0.2) is 5.16 Å². The van der Waals surface area contributed by atoms with E-state index in [2.05, 4.69) is 9.97 Å². The summed E-state index contributed by atoms with van der Waals surface area (Å²) < 4.78 is 4.86. The van der Waals surface area contributed by atoms with E-state index in [1.807, 2.05) is 0 Å². The summed E-state index contributed by atoms with van der Waals surface area (Å²) in [4.78, 5) is 19.3. The molecule has 6 nitrogen and oxygen atoms in total. The van der Waals surface area contributed by atoms with Crippen molar-refractivity contribution in [3.8, 4) is 0 Å². The van der Waals surface area contributed by atoms with Crippen LogP contribution in [0.3, 0.4) is 0 Å². The molecule has 1 aromatic rings. The van der Waals surface area contributed by atoms with Gasteiger partial charge in [0, 0.05) is 6.07 Å². The lowest BCUT2D eigenvalue weighted by Gasteiger charge is -2.09. The molecule has 1 atom stereocenters.